The normalized spacial score (nSPS) is 21.0. The van der Waals surface area contributed by atoms with Gasteiger partial charge in [0.2, 0.25) is 10.0 Å². The molecule has 0 bridgehead atoms. The SMILES string of the molecule is Nc1ccc(N2CCCC(O)C2)c(S(N)(=O)=O)c1. The van der Waals surface area contributed by atoms with Crippen LogP contribution >= 0.6 is 0 Å². The van der Waals surface area contributed by atoms with Gasteiger partial charge in [-0.05, 0) is 31.0 Å². The van der Waals surface area contributed by atoms with E-state index in [0.29, 0.717) is 24.5 Å². The van der Waals surface area contributed by atoms with Gasteiger partial charge in [0, 0.05) is 18.8 Å². The highest BCUT2D eigenvalue weighted by atomic mass is 32.2. The van der Waals surface area contributed by atoms with Crippen LogP contribution in [-0.2, 0) is 10.0 Å². The Morgan fingerprint density at radius 3 is 2.72 bits per heavy atom. The fourth-order valence-corrected chi connectivity index (χ4v) is 2.98. The maximum Gasteiger partial charge on any atom is 0.240 e. The van der Waals surface area contributed by atoms with E-state index in [9.17, 15) is 13.5 Å². The van der Waals surface area contributed by atoms with Gasteiger partial charge in [-0.3, -0.25) is 0 Å². The van der Waals surface area contributed by atoms with Crippen molar-refractivity contribution < 1.29 is 13.5 Å². The molecule has 100 valence electrons. The molecule has 0 amide bonds. The number of aliphatic hydroxyl groups excluding tert-OH is 1. The summed E-state index contributed by atoms with van der Waals surface area (Å²) in [5, 5.41) is 14.8. The molecule has 0 saturated carbocycles. The number of piperidine rings is 1. The zero-order chi connectivity index (χ0) is 13.3. The summed E-state index contributed by atoms with van der Waals surface area (Å²) in [5.41, 5.74) is 6.45. The third-order valence-electron chi connectivity index (χ3n) is 3.03. The van der Waals surface area contributed by atoms with E-state index in [0.717, 1.165) is 12.8 Å². The minimum atomic E-state index is -3.83. The second kappa shape index (κ2) is 4.75. The van der Waals surface area contributed by atoms with E-state index in [-0.39, 0.29) is 4.90 Å². The van der Waals surface area contributed by atoms with Crippen molar-refractivity contribution in [1.82, 2.24) is 0 Å². The highest BCUT2D eigenvalue weighted by molar-refractivity contribution is 7.89. The molecule has 1 aliphatic heterocycles. The lowest BCUT2D eigenvalue weighted by Crippen LogP contribution is -2.39. The number of aliphatic hydroxyl groups is 1. The molecule has 2 rings (SSSR count). The first kappa shape index (κ1) is 13.1. The monoisotopic (exact) mass is 271 g/mol. The lowest BCUT2D eigenvalue weighted by atomic mass is 10.1. The minimum absolute atomic E-state index is 0.0107. The Bertz CT molecular complexity index is 544. The number of nitrogen functional groups attached to an aromatic ring is 1. The van der Waals surface area contributed by atoms with Crippen LogP contribution in [0.4, 0.5) is 11.4 Å². The predicted molar refractivity (Wildman–Crippen MR) is 69.7 cm³/mol. The van der Waals surface area contributed by atoms with Gasteiger partial charge in [0.25, 0.3) is 0 Å². The summed E-state index contributed by atoms with van der Waals surface area (Å²) in [6, 6.07) is 4.61. The molecule has 1 heterocycles. The second-order valence-corrected chi connectivity index (χ2v) is 6.04. The largest absolute Gasteiger partial charge is 0.399 e. The van der Waals surface area contributed by atoms with Gasteiger partial charge in [-0.1, -0.05) is 0 Å². The molecule has 1 aliphatic rings. The van der Waals surface area contributed by atoms with E-state index >= 15 is 0 Å². The van der Waals surface area contributed by atoms with Gasteiger partial charge < -0.3 is 15.7 Å². The number of hydrogen-bond acceptors (Lipinski definition) is 5. The first-order valence-corrected chi connectivity index (χ1v) is 7.28. The molecule has 1 aromatic carbocycles. The van der Waals surface area contributed by atoms with E-state index in [1.165, 1.54) is 6.07 Å². The van der Waals surface area contributed by atoms with Crippen molar-refractivity contribution in [3.8, 4) is 0 Å². The molecule has 0 radical (unpaired) electrons. The third kappa shape index (κ3) is 2.74. The number of nitrogens with zero attached hydrogens (tertiary/aromatic N) is 1. The Morgan fingerprint density at radius 1 is 1.39 bits per heavy atom. The van der Waals surface area contributed by atoms with Gasteiger partial charge in [0.1, 0.15) is 4.90 Å². The zero-order valence-electron chi connectivity index (χ0n) is 9.91. The number of nitrogens with two attached hydrogens (primary N) is 2. The summed E-state index contributed by atoms with van der Waals surface area (Å²) < 4.78 is 23.1. The molecule has 0 spiro atoms. The Morgan fingerprint density at radius 2 is 2.11 bits per heavy atom. The Kier molecular flexibility index (Phi) is 3.47. The van der Waals surface area contributed by atoms with Crippen molar-refractivity contribution in [2.45, 2.75) is 23.8 Å². The summed E-state index contributed by atoms with van der Waals surface area (Å²) in [4.78, 5) is 1.84. The van der Waals surface area contributed by atoms with Gasteiger partial charge in [-0.25, -0.2) is 13.6 Å². The fourth-order valence-electron chi connectivity index (χ4n) is 2.19. The van der Waals surface area contributed by atoms with E-state index in [4.69, 9.17) is 10.9 Å². The van der Waals surface area contributed by atoms with Crippen molar-refractivity contribution in [3.63, 3.8) is 0 Å². The average Bonchev–Trinajstić information content (AvgIpc) is 2.27. The summed E-state index contributed by atoms with van der Waals surface area (Å²) >= 11 is 0. The molecule has 1 saturated heterocycles. The van der Waals surface area contributed by atoms with Gasteiger partial charge >= 0.3 is 0 Å². The van der Waals surface area contributed by atoms with Crippen molar-refractivity contribution in [1.29, 1.82) is 0 Å². The first-order chi connectivity index (χ1) is 8.38. The Hall–Kier alpha value is -1.31. The van der Waals surface area contributed by atoms with Crippen molar-refractivity contribution >= 4 is 21.4 Å². The molecular formula is C11H17N3O3S. The number of β-amino-alcohol motifs (C(OH)–C–C–N with tert-alkyl or cyclic N) is 1. The molecule has 18 heavy (non-hydrogen) atoms. The predicted octanol–water partition coefficient (Wildman–Crippen LogP) is -0.123. The van der Waals surface area contributed by atoms with Gasteiger partial charge in [-0.15, -0.1) is 0 Å². The molecule has 1 atom stereocenters. The smallest absolute Gasteiger partial charge is 0.240 e. The lowest BCUT2D eigenvalue weighted by Gasteiger charge is -2.33. The summed E-state index contributed by atoms with van der Waals surface area (Å²) in [5.74, 6) is 0. The van der Waals surface area contributed by atoms with Gasteiger partial charge in [0.05, 0.1) is 11.8 Å². The van der Waals surface area contributed by atoms with E-state index in [1.54, 1.807) is 12.1 Å². The Labute approximate surface area is 106 Å². The molecule has 1 aromatic rings. The highest BCUT2D eigenvalue weighted by Gasteiger charge is 2.23. The van der Waals surface area contributed by atoms with Crippen molar-refractivity contribution in [2.75, 3.05) is 23.7 Å². The van der Waals surface area contributed by atoms with Crippen LogP contribution in [0.5, 0.6) is 0 Å². The van der Waals surface area contributed by atoms with Crippen LogP contribution in [0.15, 0.2) is 23.1 Å². The average molecular weight is 271 g/mol. The second-order valence-electron chi connectivity index (χ2n) is 4.51. The minimum Gasteiger partial charge on any atom is -0.399 e. The number of rotatable bonds is 2. The number of benzene rings is 1. The Balaban J connectivity index is 2.44. The third-order valence-corrected chi connectivity index (χ3v) is 3.97. The maximum absolute atomic E-state index is 11.6. The first-order valence-electron chi connectivity index (χ1n) is 5.73. The maximum atomic E-state index is 11.6. The van der Waals surface area contributed by atoms with Gasteiger partial charge in [0.15, 0.2) is 0 Å². The summed E-state index contributed by atoms with van der Waals surface area (Å²) in [7, 11) is -3.83. The summed E-state index contributed by atoms with van der Waals surface area (Å²) in [6.45, 7) is 1.11. The van der Waals surface area contributed by atoms with Crippen molar-refractivity contribution in [2.24, 2.45) is 5.14 Å². The van der Waals surface area contributed by atoms with Gasteiger partial charge in [-0.2, -0.15) is 0 Å². The lowest BCUT2D eigenvalue weighted by molar-refractivity contribution is 0.154. The molecule has 7 heteroatoms. The molecule has 1 fully saturated rings. The summed E-state index contributed by atoms with van der Waals surface area (Å²) in [6.07, 6.45) is 1.11. The van der Waals surface area contributed by atoms with Crippen LogP contribution in [-0.4, -0.2) is 32.7 Å². The van der Waals surface area contributed by atoms with E-state index < -0.39 is 16.1 Å². The van der Waals surface area contributed by atoms with Crippen LogP contribution in [0, 0.1) is 0 Å². The molecule has 1 unspecified atom stereocenters. The topological polar surface area (TPSA) is 110 Å². The molecular weight excluding hydrogens is 254 g/mol. The fraction of sp³-hybridized carbons (Fsp3) is 0.455. The standard InChI is InChI=1S/C11H17N3O3S/c12-8-3-4-10(11(6-8)18(13,16)17)14-5-1-2-9(15)7-14/h3-4,6,9,15H,1-2,5,7,12H2,(H2,13,16,17). The van der Waals surface area contributed by atoms with Crippen LogP contribution in [0.1, 0.15) is 12.8 Å². The quantitative estimate of drug-likeness (QED) is 0.649. The number of primary sulfonamides is 1. The molecule has 5 N–H and O–H groups in total. The number of hydrogen-bond donors (Lipinski definition) is 3. The van der Waals surface area contributed by atoms with E-state index in [1.807, 2.05) is 4.90 Å². The van der Waals surface area contributed by atoms with E-state index in [2.05, 4.69) is 0 Å². The molecule has 0 aliphatic carbocycles. The molecule has 6 nitrogen and oxygen atoms in total. The van der Waals surface area contributed by atoms with Crippen LogP contribution in [0.2, 0.25) is 0 Å². The highest BCUT2D eigenvalue weighted by Crippen LogP contribution is 2.28. The zero-order valence-corrected chi connectivity index (χ0v) is 10.7. The van der Waals surface area contributed by atoms with Crippen molar-refractivity contribution in [3.05, 3.63) is 18.2 Å². The molecule has 0 aromatic heterocycles. The van der Waals surface area contributed by atoms with Crippen LogP contribution < -0.4 is 15.8 Å². The number of sulfonamides is 1. The number of anilines is 2. The van der Waals surface area contributed by atoms with Crippen LogP contribution in [0.3, 0.4) is 0 Å². The van der Waals surface area contributed by atoms with Crippen LogP contribution in [0.25, 0.3) is 0 Å².